The third-order valence-electron chi connectivity index (χ3n) is 5.04. The summed E-state index contributed by atoms with van der Waals surface area (Å²) in [4.78, 5) is 17.1. The lowest BCUT2D eigenvalue weighted by atomic mass is 10.00. The van der Waals surface area contributed by atoms with Crippen LogP contribution in [0.25, 0.3) is 22.9 Å². The van der Waals surface area contributed by atoms with E-state index in [0.717, 1.165) is 27.5 Å². The first kappa shape index (κ1) is 20.3. The first-order valence-electron chi connectivity index (χ1n) is 9.75. The molecule has 1 heterocycles. The number of hydrogen-bond donors (Lipinski definition) is 1. The number of carbonyl (C=O) groups is 1. The molecule has 154 valence electrons. The van der Waals surface area contributed by atoms with E-state index in [-0.39, 0.29) is 11.5 Å². The number of fused-ring (bicyclic) bond motifs is 1. The lowest BCUT2D eigenvalue weighted by Crippen LogP contribution is -2.11. The van der Waals surface area contributed by atoms with E-state index in [1.165, 1.54) is 18.2 Å². The van der Waals surface area contributed by atoms with Crippen molar-refractivity contribution in [2.24, 2.45) is 0 Å². The largest absolute Gasteiger partial charge is 0.507 e. The first-order valence-corrected chi connectivity index (χ1v) is 9.75. The Morgan fingerprint density at radius 1 is 1.00 bits per heavy atom. The minimum atomic E-state index is -0.651. The van der Waals surface area contributed by atoms with Crippen LogP contribution in [0.5, 0.6) is 11.5 Å². The zero-order valence-electron chi connectivity index (χ0n) is 17.1. The third-order valence-corrected chi connectivity index (χ3v) is 5.04. The summed E-state index contributed by atoms with van der Waals surface area (Å²) < 4.78 is 19.3. The summed E-state index contributed by atoms with van der Waals surface area (Å²) in [6, 6.07) is 14.9. The van der Waals surface area contributed by atoms with E-state index < -0.39 is 11.8 Å². The van der Waals surface area contributed by atoms with Gasteiger partial charge in [-0.3, -0.25) is 4.98 Å². The molecule has 4 nitrogen and oxygen atoms in total. The van der Waals surface area contributed by atoms with Gasteiger partial charge in [-0.25, -0.2) is 9.18 Å². The van der Waals surface area contributed by atoms with Crippen molar-refractivity contribution in [1.29, 1.82) is 0 Å². The van der Waals surface area contributed by atoms with E-state index in [1.54, 1.807) is 36.7 Å². The fourth-order valence-electron chi connectivity index (χ4n) is 3.42. The topological polar surface area (TPSA) is 59.4 Å². The van der Waals surface area contributed by atoms with Gasteiger partial charge in [-0.05, 0) is 84.0 Å². The SMILES string of the molecule is Cc1cc(/C=C/c2cc3cnccc3cc2C(=O)Oc2ccccc2F)cc(C)c1O. The molecular formula is C26H20FNO3. The van der Waals surface area contributed by atoms with Gasteiger partial charge in [-0.15, -0.1) is 0 Å². The molecule has 0 fully saturated rings. The van der Waals surface area contributed by atoms with E-state index in [2.05, 4.69) is 4.98 Å². The van der Waals surface area contributed by atoms with Crippen molar-refractivity contribution in [3.05, 3.63) is 101 Å². The van der Waals surface area contributed by atoms with E-state index >= 15 is 0 Å². The van der Waals surface area contributed by atoms with Gasteiger partial charge < -0.3 is 9.84 Å². The molecule has 5 heteroatoms. The summed E-state index contributed by atoms with van der Waals surface area (Å²) in [5.74, 6) is -1.11. The van der Waals surface area contributed by atoms with Gasteiger partial charge >= 0.3 is 5.97 Å². The Balaban J connectivity index is 1.76. The Hall–Kier alpha value is -3.99. The molecule has 0 amide bonds. The summed E-state index contributed by atoms with van der Waals surface area (Å²) in [6.45, 7) is 3.66. The molecule has 0 aliphatic rings. The molecule has 0 saturated carbocycles. The van der Waals surface area contributed by atoms with Crippen molar-refractivity contribution in [1.82, 2.24) is 4.98 Å². The van der Waals surface area contributed by atoms with Crippen LogP contribution in [0.15, 0.2) is 67.0 Å². The predicted molar refractivity (Wildman–Crippen MR) is 120 cm³/mol. The highest BCUT2D eigenvalue weighted by atomic mass is 19.1. The Bertz CT molecular complexity index is 1300. The first-order chi connectivity index (χ1) is 14.9. The molecule has 0 unspecified atom stereocenters. The molecule has 0 spiro atoms. The number of benzene rings is 3. The van der Waals surface area contributed by atoms with Gasteiger partial charge in [0.05, 0.1) is 5.56 Å². The lowest BCUT2D eigenvalue weighted by molar-refractivity contribution is 0.0728. The maximum atomic E-state index is 14.0. The molecule has 4 rings (SSSR count). The molecule has 0 aliphatic heterocycles. The Morgan fingerprint density at radius 3 is 2.48 bits per heavy atom. The normalized spacial score (nSPS) is 11.2. The highest BCUT2D eigenvalue weighted by Gasteiger charge is 2.16. The maximum Gasteiger partial charge on any atom is 0.344 e. The standard InChI is InChI=1S/C26H20FNO3/c1-16-11-18(12-17(2)25(16)29)7-8-20-13-21-15-28-10-9-19(21)14-22(20)26(30)31-24-6-4-3-5-23(24)27/h3-15,29H,1-2H3/b8-7+. The molecule has 0 aliphatic carbocycles. The van der Waals surface area contributed by atoms with Crippen molar-refractivity contribution in [2.45, 2.75) is 13.8 Å². The van der Waals surface area contributed by atoms with Crippen molar-refractivity contribution in [3.8, 4) is 11.5 Å². The number of carbonyl (C=O) groups excluding carboxylic acids is 1. The molecule has 4 aromatic rings. The fourth-order valence-corrected chi connectivity index (χ4v) is 3.42. The molecule has 3 aromatic carbocycles. The fraction of sp³-hybridized carbons (Fsp3) is 0.0769. The number of phenolic OH excluding ortho intramolecular Hbond substituents is 1. The molecule has 31 heavy (non-hydrogen) atoms. The molecule has 0 atom stereocenters. The van der Waals surface area contributed by atoms with E-state index in [4.69, 9.17) is 4.74 Å². The monoisotopic (exact) mass is 413 g/mol. The van der Waals surface area contributed by atoms with Gasteiger partial charge in [0.15, 0.2) is 11.6 Å². The van der Waals surface area contributed by atoms with Crippen LogP contribution in [0, 0.1) is 19.7 Å². The van der Waals surface area contributed by atoms with Crippen LogP contribution in [-0.4, -0.2) is 16.1 Å². The highest BCUT2D eigenvalue weighted by Crippen LogP contribution is 2.27. The number of rotatable bonds is 4. The average molecular weight is 413 g/mol. The number of aryl methyl sites for hydroxylation is 2. The molecule has 0 radical (unpaired) electrons. The smallest absolute Gasteiger partial charge is 0.344 e. The zero-order valence-corrected chi connectivity index (χ0v) is 17.1. The van der Waals surface area contributed by atoms with Crippen LogP contribution >= 0.6 is 0 Å². The highest BCUT2D eigenvalue weighted by molar-refractivity contribution is 6.01. The lowest BCUT2D eigenvalue weighted by Gasteiger charge is -2.10. The van der Waals surface area contributed by atoms with Crippen LogP contribution in [0.2, 0.25) is 0 Å². The molecular weight excluding hydrogens is 393 g/mol. The van der Waals surface area contributed by atoms with Crippen molar-refractivity contribution in [3.63, 3.8) is 0 Å². The number of nitrogens with zero attached hydrogens (tertiary/aromatic N) is 1. The number of pyridine rings is 1. The Morgan fingerprint density at radius 2 is 1.74 bits per heavy atom. The summed E-state index contributed by atoms with van der Waals surface area (Å²) in [5.41, 5.74) is 3.34. The third kappa shape index (κ3) is 4.31. The maximum absolute atomic E-state index is 14.0. The Labute approximate surface area is 179 Å². The average Bonchev–Trinajstić information content (AvgIpc) is 2.76. The summed E-state index contributed by atoms with van der Waals surface area (Å²) in [7, 11) is 0. The zero-order chi connectivity index (χ0) is 22.0. The summed E-state index contributed by atoms with van der Waals surface area (Å²) in [5, 5.41) is 11.7. The van der Waals surface area contributed by atoms with Crippen LogP contribution in [0.4, 0.5) is 4.39 Å². The predicted octanol–water partition coefficient (Wildman–Crippen LogP) is 6.09. The van der Waals surface area contributed by atoms with E-state index in [9.17, 15) is 14.3 Å². The van der Waals surface area contributed by atoms with Gasteiger partial charge in [0, 0.05) is 17.8 Å². The van der Waals surface area contributed by atoms with Gasteiger partial charge in [-0.1, -0.05) is 24.3 Å². The Kier molecular flexibility index (Phi) is 5.50. The second-order valence-electron chi connectivity index (χ2n) is 7.32. The summed E-state index contributed by atoms with van der Waals surface area (Å²) >= 11 is 0. The van der Waals surface area contributed by atoms with Gasteiger partial charge in [0.2, 0.25) is 0 Å². The number of esters is 1. The van der Waals surface area contributed by atoms with Crippen molar-refractivity contribution >= 4 is 28.9 Å². The van der Waals surface area contributed by atoms with Gasteiger partial charge in [0.1, 0.15) is 5.75 Å². The van der Waals surface area contributed by atoms with E-state index in [1.807, 2.05) is 38.1 Å². The van der Waals surface area contributed by atoms with Crippen LogP contribution in [-0.2, 0) is 0 Å². The number of para-hydroxylation sites is 1. The number of ether oxygens (including phenoxy) is 1. The van der Waals surface area contributed by atoms with Crippen LogP contribution < -0.4 is 4.74 Å². The minimum absolute atomic E-state index is 0.123. The summed E-state index contributed by atoms with van der Waals surface area (Å²) in [6.07, 6.45) is 7.02. The quantitative estimate of drug-likeness (QED) is 0.250. The number of hydrogen-bond acceptors (Lipinski definition) is 4. The molecule has 0 saturated heterocycles. The second-order valence-corrected chi connectivity index (χ2v) is 7.32. The van der Waals surface area contributed by atoms with Crippen LogP contribution in [0.1, 0.15) is 32.6 Å². The number of aromatic hydroxyl groups is 1. The molecule has 0 bridgehead atoms. The number of halogens is 1. The molecule has 1 aromatic heterocycles. The second kappa shape index (κ2) is 8.40. The minimum Gasteiger partial charge on any atom is -0.507 e. The van der Waals surface area contributed by atoms with Gasteiger partial charge in [0.25, 0.3) is 0 Å². The van der Waals surface area contributed by atoms with Gasteiger partial charge in [-0.2, -0.15) is 0 Å². The number of phenols is 1. The van der Waals surface area contributed by atoms with Crippen molar-refractivity contribution in [2.75, 3.05) is 0 Å². The van der Waals surface area contributed by atoms with Crippen LogP contribution in [0.3, 0.4) is 0 Å². The molecule has 1 N–H and O–H groups in total. The van der Waals surface area contributed by atoms with E-state index in [0.29, 0.717) is 11.1 Å². The van der Waals surface area contributed by atoms with Crippen molar-refractivity contribution < 1.29 is 19.0 Å². The number of aromatic nitrogens is 1.